The SMILES string of the molecule is CCN(CC)C(=O)CCC(=O)NC(C)(C)CO. The van der Waals surface area contributed by atoms with Gasteiger partial charge >= 0.3 is 0 Å². The van der Waals surface area contributed by atoms with E-state index in [1.165, 1.54) is 0 Å². The van der Waals surface area contributed by atoms with Gasteiger partial charge in [0.15, 0.2) is 0 Å². The minimum Gasteiger partial charge on any atom is -0.394 e. The third kappa shape index (κ3) is 6.26. The number of aliphatic hydroxyl groups excluding tert-OH is 1. The van der Waals surface area contributed by atoms with Gasteiger partial charge in [-0.15, -0.1) is 0 Å². The number of amides is 2. The highest BCUT2D eigenvalue weighted by atomic mass is 16.3. The zero-order valence-electron chi connectivity index (χ0n) is 11.2. The van der Waals surface area contributed by atoms with Crippen LogP contribution in [0.3, 0.4) is 0 Å². The maximum atomic E-state index is 11.6. The highest BCUT2D eigenvalue weighted by Crippen LogP contribution is 2.03. The van der Waals surface area contributed by atoms with Gasteiger partial charge in [-0.3, -0.25) is 9.59 Å². The van der Waals surface area contributed by atoms with Gasteiger partial charge in [0.05, 0.1) is 12.1 Å². The molecule has 0 aliphatic heterocycles. The summed E-state index contributed by atoms with van der Waals surface area (Å²) in [4.78, 5) is 24.9. The molecular formula is C12H24N2O3. The summed E-state index contributed by atoms with van der Waals surface area (Å²) >= 11 is 0. The number of aliphatic hydroxyl groups is 1. The molecule has 0 aromatic rings. The van der Waals surface area contributed by atoms with E-state index in [9.17, 15) is 9.59 Å². The third-order valence-electron chi connectivity index (χ3n) is 2.56. The van der Waals surface area contributed by atoms with Crippen molar-refractivity contribution in [2.24, 2.45) is 0 Å². The monoisotopic (exact) mass is 244 g/mol. The van der Waals surface area contributed by atoms with Crippen LogP contribution < -0.4 is 5.32 Å². The van der Waals surface area contributed by atoms with Crippen LogP contribution in [-0.2, 0) is 9.59 Å². The topological polar surface area (TPSA) is 69.6 Å². The number of nitrogens with zero attached hydrogens (tertiary/aromatic N) is 1. The van der Waals surface area contributed by atoms with Crippen LogP contribution >= 0.6 is 0 Å². The quantitative estimate of drug-likeness (QED) is 0.686. The van der Waals surface area contributed by atoms with Crippen LogP contribution in [0.4, 0.5) is 0 Å². The Hall–Kier alpha value is -1.10. The molecule has 0 spiro atoms. The minimum absolute atomic E-state index is 0.00745. The Balaban J connectivity index is 4.04. The summed E-state index contributed by atoms with van der Waals surface area (Å²) in [7, 11) is 0. The van der Waals surface area contributed by atoms with E-state index in [2.05, 4.69) is 5.32 Å². The van der Waals surface area contributed by atoms with Gasteiger partial charge in [0.1, 0.15) is 0 Å². The Labute approximate surface area is 103 Å². The zero-order chi connectivity index (χ0) is 13.5. The molecule has 2 N–H and O–H groups in total. The molecule has 0 saturated heterocycles. The maximum Gasteiger partial charge on any atom is 0.223 e. The summed E-state index contributed by atoms with van der Waals surface area (Å²) < 4.78 is 0. The lowest BCUT2D eigenvalue weighted by Gasteiger charge is -2.24. The predicted molar refractivity (Wildman–Crippen MR) is 66.5 cm³/mol. The number of nitrogens with one attached hydrogen (secondary N) is 1. The molecule has 5 nitrogen and oxygen atoms in total. The number of hydrogen-bond acceptors (Lipinski definition) is 3. The van der Waals surface area contributed by atoms with Crippen LogP contribution in [0.5, 0.6) is 0 Å². The van der Waals surface area contributed by atoms with Crippen LogP contribution in [0.15, 0.2) is 0 Å². The molecule has 0 atom stereocenters. The highest BCUT2D eigenvalue weighted by molar-refractivity contribution is 5.84. The molecule has 17 heavy (non-hydrogen) atoms. The Kier molecular flexibility index (Phi) is 6.80. The molecule has 0 aromatic heterocycles. The lowest BCUT2D eigenvalue weighted by molar-refractivity contribution is -0.133. The van der Waals surface area contributed by atoms with Crippen molar-refractivity contribution in [1.82, 2.24) is 10.2 Å². The Morgan fingerprint density at radius 1 is 1.18 bits per heavy atom. The van der Waals surface area contributed by atoms with Crippen molar-refractivity contribution in [2.45, 2.75) is 46.1 Å². The summed E-state index contributed by atoms with van der Waals surface area (Å²) in [6.07, 6.45) is 0.383. The van der Waals surface area contributed by atoms with Gasteiger partial charge in [-0.2, -0.15) is 0 Å². The summed E-state index contributed by atoms with van der Waals surface area (Å²) in [5.41, 5.74) is -0.630. The molecule has 100 valence electrons. The minimum atomic E-state index is -0.630. The molecule has 0 unspecified atom stereocenters. The smallest absolute Gasteiger partial charge is 0.223 e. The fourth-order valence-corrected chi connectivity index (χ4v) is 1.43. The predicted octanol–water partition coefficient (Wildman–Crippen LogP) is 0.522. The Bertz CT molecular complexity index is 260. The lowest BCUT2D eigenvalue weighted by Crippen LogP contribution is -2.46. The molecule has 0 radical (unpaired) electrons. The first-order valence-corrected chi connectivity index (χ1v) is 6.06. The molecular weight excluding hydrogens is 220 g/mol. The van der Waals surface area contributed by atoms with Crippen molar-refractivity contribution in [3.05, 3.63) is 0 Å². The van der Waals surface area contributed by atoms with Gasteiger partial charge in [0, 0.05) is 25.9 Å². The van der Waals surface area contributed by atoms with Crippen LogP contribution in [0.1, 0.15) is 40.5 Å². The first-order valence-electron chi connectivity index (χ1n) is 6.06. The van der Waals surface area contributed by atoms with Gasteiger partial charge in [-0.25, -0.2) is 0 Å². The largest absolute Gasteiger partial charge is 0.394 e. The van der Waals surface area contributed by atoms with E-state index in [-0.39, 0.29) is 31.3 Å². The normalized spacial score (nSPS) is 11.1. The zero-order valence-corrected chi connectivity index (χ0v) is 11.2. The first kappa shape index (κ1) is 15.9. The average molecular weight is 244 g/mol. The molecule has 0 bridgehead atoms. The van der Waals surface area contributed by atoms with Crippen molar-refractivity contribution in [3.63, 3.8) is 0 Å². The molecule has 0 aliphatic carbocycles. The molecule has 0 heterocycles. The van der Waals surface area contributed by atoms with Gasteiger partial charge in [-0.1, -0.05) is 0 Å². The van der Waals surface area contributed by atoms with Crippen molar-refractivity contribution in [3.8, 4) is 0 Å². The second-order valence-electron chi connectivity index (χ2n) is 4.66. The first-order chi connectivity index (χ1) is 7.86. The fourth-order valence-electron chi connectivity index (χ4n) is 1.43. The summed E-state index contributed by atoms with van der Waals surface area (Å²) in [6, 6.07) is 0. The second kappa shape index (κ2) is 7.27. The highest BCUT2D eigenvalue weighted by Gasteiger charge is 2.20. The number of rotatable bonds is 7. The molecule has 5 heteroatoms. The summed E-state index contributed by atoms with van der Waals surface area (Å²) in [5.74, 6) is -0.212. The average Bonchev–Trinajstić information content (AvgIpc) is 2.27. The van der Waals surface area contributed by atoms with Gasteiger partial charge in [-0.05, 0) is 27.7 Å². The Morgan fingerprint density at radius 3 is 2.12 bits per heavy atom. The van der Waals surface area contributed by atoms with Gasteiger partial charge < -0.3 is 15.3 Å². The second-order valence-corrected chi connectivity index (χ2v) is 4.66. The van der Waals surface area contributed by atoms with E-state index < -0.39 is 5.54 Å². The van der Waals surface area contributed by atoms with Crippen LogP contribution in [0.25, 0.3) is 0 Å². The number of carbonyl (C=O) groups excluding carboxylic acids is 2. The van der Waals surface area contributed by atoms with E-state index in [1.807, 2.05) is 13.8 Å². The third-order valence-corrected chi connectivity index (χ3v) is 2.56. The fraction of sp³-hybridized carbons (Fsp3) is 0.833. The van der Waals surface area contributed by atoms with Crippen molar-refractivity contribution in [1.29, 1.82) is 0 Å². The van der Waals surface area contributed by atoms with Gasteiger partial charge in [0.2, 0.25) is 11.8 Å². The van der Waals surface area contributed by atoms with Crippen LogP contribution in [0.2, 0.25) is 0 Å². The maximum absolute atomic E-state index is 11.6. The van der Waals surface area contributed by atoms with E-state index in [4.69, 9.17) is 5.11 Å². The van der Waals surface area contributed by atoms with E-state index in [0.29, 0.717) is 13.1 Å². The van der Waals surface area contributed by atoms with E-state index >= 15 is 0 Å². The molecule has 2 amide bonds. The van der Waals surface area contributed by atoms with Gasteiger partial charge in [0.25, 0.3) is 0 Å². The molecule has 0 rings (SSSR count). The molecule has 0 fully saturated rings. The lowest BCUT2D eigenvalue weighted by atomic mass is 10.1. The van der Waals surface area contributed by atoms with Crippen molar-refractivity contribution in [2.75, 3.05) is 19.7 Å². The summed E-state index contributed by atoms with van der Waals surface area (Å²) in [6.45, 7) is 8.50. The molecule has 0 aliphatic rings. The van der Waals surface area contributed by atoms with Crippen molar-refractivity contribution >= 4 is 11.8 Å². The number of hydrogen-bond donors (Lipinski definition) is 2. The Morgan fingerprint density at radius 2 is 1.71 bits per heavy atom. The standard InChI is InChI=1S/C12H24N2O3/c1-5-14(6-2)11(17)8-7-10(16)13-12(3,4)9-15/h15H,5-9H2,1-4H3,(H,13,16). The summed E-state index contributed by atoms with van der Waals surface area (Å²) in [5, 5.41) is 11.7. The van der Waals surface area contributed by atoms with E-state index in [1.54, 1.807) is 18.7 Å². The van der Waals surface area contributed by atoms with Crippen LogP contribution in [-0.4, -0.2) is 47.1 Å². The molecule has 0 aromatic carbocycles. The van der Waals surface area contributed by atoms with E-state index in [0.717, 1.165) is 0 Å². The van der Waals surface area contributed by atoms with Crippen molar-refractivity contribution < 1.29 is 14.7 Å². The van der Waals surface area contributed by atoms with Crippen LogP contribution in [0, 0.1) is 0 Å². The number of carbonyl (C=O) groups is 2. The molecule has 0 saturated carbocycles.